The van der Waals surface area contributed by atoms with Crippen LogP contribution in [0.5, 0.6) is 17.2 Å². The SMILES string of the molecule is CCCCCCCCC=COc1ccc(C(=O)Oc2ccc(OCCCCCC(C)CC)cc2)cc1. The first kappa shape index (κ1) is 29.5. The number of hydrogen-bond donors (Lipinski definition) is 0. The van der Waals surface area contributed by atoms with E-state index >= 15 is 0 Å². The van der Waals surface area contributed by atoms with Gasteiger partial charge in [-0.15, -0.1) is 0 Å². The molecule has 0 radical (unpaired) electrons. The van der Waals surface area contributed by atoms with E-state index in [0.29, 0.717) is 23.7 Å². The Morgan fingerprint density at radius 2 is 1.42 bits per heavy atom. The molecule has 0 saturated carbocycles. The first-order valence-corrected chi connectivity index (χ1v) is 14.0. The fourth-order valence-electron chi connectivity index (χ4n) is 3.84. The minimum atomic E-state index is -0.393. The van der Waals surface area contributed by atoms with Crippen molar-refractivity contribution in [3.05, 3.63) is 66.4 Å². The van der Waals surface area contributed by atoms with E-state index in [9.17, 15) is 4.79 Å². The minimum absolute atomic E-state index is 0.393. The number of esters is 1. The Bertz CT molecular complexity index is 855. The quantitative estimate of drug-likeness (QED) is 0.0844. The molecule has 0 spiro atoms. The van der Waals surface area contributed by atoms with E-state index in [1.165, 1.54) is 64.2 Å². The number of allylic oxidation sites excluding steroid dienone is 1. The third-order valence-corrected chi connectivity index (χ3v) is 6.46. The molecular formula is C32H46O4. The highest BCUT2D eigenvalue weighted by molar-refractivity contribution is 5.91. The highest BCUT2D eigenvalue weighted by Crippen LogP contribution is 2.20. The number of hydrogen-bond acceptors (Lipinski definition) is 4. The molecule has 0 aliphatic carbocycles. The molecule has 0 aromatic heterocycles. The number of carbonyl (C=O) groups is 1. The Balaban J connectivity index is 1.64. The second-order valence-electron chi connectivity index (χ2n) is 9.64. The van der Waals surface area contributed by atoms with Crippen molar-refractivity contribution in [3.8, 4) is 17.2 Å². The van der Waals surface area contributed by atoms with E-state index in [4.69, 9.17) is 14.2 Å². The second kappa shape index (κ2) is 18.5. The molecule has 0 N–H and O–H groups in total. The van der Waals surface area contributed by atoms with Gasteiger partial charge in [-0.3, -0.25) is 0 Å². The summed E-state index contributed by atoms with van der Waals surface area (Å²) in [6.07, 6.45) is 18.6. The molecule has 198 valence electrons. The summed E-state index contributed by atoms with van der Waals surface area (Å²) in [5, 5.41) is 0. The van der Waals surface area contributed by atoms with Crippen LogP contribution < -0.4 is 14.2 Å². The molecule has 1 atom stereocenters. The van der Waals surface area contributed by atoms with E-state index in [-0.39, 0.29) is 0 Å². The molecule has 0 bridgehead atoms. The molecule has 0 heterocycles. The summed E-state index contributed by atoms with van der Waals surface area (Å²) < 4.78 is 16.9. The fraction of sp³-hybridized carbons (Fsp3) is 0.531. The third kappa shape index (κ3) is 12.8. The van der Waals surface area contributed by atoms with Gasteiger partial charge in [0.05, 0.1) is 18.4 Å². The number of benzene rings is 2. The number of carbonyl (C=O) groups excluding carboxylic acids is 1. The zero-order valence-corrected chi connectivity index (χ0v) is 22.7. The van der Waals surface area contributed by atoms with Gasteiger partial charge in [0.1, 0.15) is 17.2 Å². The van der Waals surface area contributed by atoms with Gasteiger partial charge in [0.15, 0.2) is 0 Å². The van der Waals surface area contributed by atoms with Gasteiger partial charge in [-0.05, 0) is 79.8 Å². The van der Waals surface area contributed by atoms with Crippen LogP contribution in [-0.2, 0) is 0 Å². The lowest BCUT2D eigenvalue weighted by Crippen LogP contribution is -2.08. The van der Waals surface area contributed by atoms with Crippen LogP contribution in [0, 0.1) is 5.92 Å². The van der Waals surface area contributed by atoms with Crippen molar-refractivity contribution >= 4 is 5.97 Å². The van der Waals surface area contributed by atoms with Crippen LogP contribution in [0.15, 0.2) is 60.9 Å². The van der Waals surface area contributed by atoms with Crippen molar-refractivity contribution in [3.63, 3.8) is 0 Å². The van der Waals surface area contributed by atoms with Crippen LogP contribution in [0.25, 0.3) is 0 Å². The lowest BCUT2D eigenvalue weighted by Gasteiger charge is -2.09. The molecule has 2 aromatic rings. The highest BCUT2D eigenvalue weighted by atomic mass is 16.5. The van der Waals surface area contributed by atoms with Crippen LogP contribution >= 0.6 is 0 Å². The van der Waals surface area contributed by atoms with Crippen molar-refractivity contribution in [1.82, 2.24) is 0 Å². The summed E-state index contributed by atoms with van der Waals surface area (Å²) in [5.41, 5.74) is 0.483. The van der Waals surface area contributed by atoms with E-state index in [1.807, 2.05) is 12.1 Å². The van der Waals surface area contributed by atoms with E-state index in [2.05, 4.69) is 26.8 Å². The topological polar surface area (TPSA) is 44.8 Å². The zero-order valence-electron chi connectivity index (χ0n) is 22.7. The lowest BCUT2D eigenvalue weighted by atomic mass is 10.0. The molecule has 0 aliphatic heterocycles. The highest BCUT2D eigenvalue weighted by Gasteiger charge is 2.09. The Morgan fingerprint density at radius 1 is 0.778 bits per heavy atom. The maximum atomic E-state index is 12.5. The van der Waals surface area contributed by atoms with Crippen molar-refractivity contribution in [2.75, 3.05) is 6.61 Å². The van der Waals surface area contributed by atoms with Crippen LogP contribution in [0.4, 0.5) is 0 Å². The van der Waals surface area contributed by atoms with Crippen molar-refractivity contribution < 1.29 is 19.0 Å². The molecule has 1 unspecified atom stereocenters. The molecule has 4 nitrogen and oxygen atoms in total. The van der Waals surface area contributed by atoms with Crippen LogP contribution in [0.3, 0.4) is 0 Å². The van der Waals surface area contributed by atoms with Gasteiger partial charge >= 0.3 is 5.97 Å². The summed E-state index contributed by atoms with van der Waals surface area (Å²) in [4.78, 5) is 12.5. The van der Waals surface area contributed by atoms with Gasteiger partial charge in [0, 0.05) is 0 Å². The smallest absolute Gasteiger partial charge is 0.343 e. The summed E-state index contributed by atoms with van der Waals surface area (Å²) in [5.74, 6) is 2.41. The average molecular weight is 495 g/mol. The molecule has 0 fully saturated rings. The summed E-state index contributed by atoms with van der Waals surface area (Å²) in [7, 11) is 0. The molecule has 0 aliphatic rings. The number of rotatable bonds is 19. The first-order chi connectivity index (χ1) is 17.6. The molecule has 2 rings (SSSR count). The standard InChI is InChI=1S/C32H46O4/c1-4-6-7-8-9-10-11-14-25-34-29-19-17-28(18-20-29)32(33)36-31-23-21-30(22-24-31)35-26-15-12-13-16-27(3)5-2/h14,17-25,27H,4-13,15-16,26H2,1-3H3. The van der Waals surface area contributed by atoms with Gasteiger partial charge < -0.3 is 14.2 Å². The van der Waals surface area contributed by atoms with Crippen molar-refractivity contribution in [1.29, 1.82) is 0 Å². The molecule has 0 saturated heterocycles. The van der Waals surface area contributed by atoms with Crippen molar-refractivity contribution in [2.24, 2.45) is 5.92 Å². The lowest BCUT2D eigenvalue weighted by molar-refractivity contribution is 0.0734. The van der Waals surface area contributed by atoms with Crippen LogP contribution in [-0.4, -0.2) is 12.6 Å². The number of unbranched alkanes of at least 4 members (excludes halogenated alkanes) is 8. The first-order valence-electron chi connectivity index (χ1n) is 14.0. The summed E-state index contributed by atoms with van der Waals surface area (Å²) >= 11 is 0. The van der Waals surface area contributed by atoms with Gasteiger partial charge in [-0.1, -0.05) is 78.6 Å². The van der Waals surface area contributed by atoms with Gasteiger partial charge in [-0.25, -0.2) is 4.79 Å². The van der Waals surface area contributed by atoms with E-state index < -0.39 is 5.97 Å². The Morgan fingerprint density at radius 3 is 2.14 bits per heavy atom. The predicted octanol–water partition coefficient (Wildman–Crippen LogP) is 9.53. The Kier molecular flexibility index (Phi) is 15.2. The van der Waals surface area contributed by atoms with Gasteiger partial charge in [0.2, 0.25) is 0 Å². The largest absolute Gasteiger partial charge is 0.494 e. The zero-order chi connectivity index (χ0) is 25.8. The Hall–Kier alpha value is -2.75. The van der Waals surface area contributed by atoms with Crippen LogP contribution in [0.2, 0.25) is 0 Å². The molecular weight excluding hydrogens is 448 g/mol. The maximum absolute atomic E-state index is 12.5. The summed E-state index contributed by atoms with van der Waals surface area (Å²) in [6, 6.07) is 14.2. The van der Waals surface area contributed by atoms with Gasteiger partial charge in [-0.2, -0.15) is 0 Å². The van der Waals surface area contributed by atoms with E-state index in [1.54, 1.807) is 42.7 Å². The molecule has 0 amide bonds. The maximum Gasteiger partial charge on any atom is 0.343 e. The minimum Gasteiger partial charge on any atom is -0.494 e. The fourth-order valence-corrected chi connectivity index (χ4v) is 3.84. The third-order valence-electron chi connectivity index (χ3n) is 6.46. The van der Waals surface area contributed by atoms with Gasteiger partial charge in [0.25, 0.3) is 0 Å². The molecule has 36 heavy (non-hydrogen) atoms. The molecule has 4 heteroatoms. The molecule has 2 aromatic carbocycles. The van der Waals surface area contributed by atoms with Crippen LogP contribution in [0.1, 0.15) is 108 Å². The normalized spacial score (nSPS) is 12.0. The second-order valence-corrected chi connectivity index (χ2v) is 9.64. The Labute approximate surface area is 219 Å². The summed E-state index contributed by atoms with van der Waals surface area (Å²) in [6.45, 7) is 7.51. The van der Waals surface area contributed by atoms with E-state index in [0.717, 1.165) is 24.5 Å². The number of ether oxygens (including phenoxy) is 3. The monoisotopic (exact) mass is 494 g/mol. The average Bonchev–Trinajstić information content (AvgIpc) is 2.90. The van der Waals surface area contributed by atoms with Crippen molar-refractivity contribution in [2.45, 2.75) is 97.8 Å². The predicted molar refractivity (Wildman–Crippen MR) is 149 cm³/mol.